The zero-order valence-corrected chi connectivity index (χ0v) is 15.6. The van der Waals surface area contributed by atoms with Crippen LogP contribution in [0.2, 0.25) is 0 Å². The minimum Gasteiger partial charge on any atom is -0.350 e. The number of carbonyl (C=O) groups is 2. The smallest absolute Gasteiger partial charge is 0.225 e. The first kappa shape index (κ1) is 17.7. The van der Waals surface area contributed by atoms with E-state index in [9.17, 15) is 9.59 Å². The van der Waals surface area contributed by atoms with Gasteiger partial charge in [-0.2, -0.15) is 0 Å². The number of likely N-dealkylation sites (tertiary alicyclic amines) is 1. The van der Waals surface area contributed by atoms with Crippen LogP contribution in [0.5, 0.6) is 0 Å². The quantitative estimate of drug-likeness (QED) is 0.858. The Morgan fingerprint density at radius 1 is 1.22 bits per heavy atom. The topological polar surface area (TPSA) is 62.3 Å². The minimum absolute atomic E-state index is 0.0192. The van der Waals surface area contributed by atoms with Crippen LogP contribution in [0.3, 0.4) is 0 Å². The number of pyridine rings is 1. The summed E-state index contributed by atoms with van der Waals surface area (Å²) < 4.78 is 0. The van der Waals surface area contributed by atoms with Crippen LogP contribution in [0.4, 0.5) is 0 Å². The van der Waals surface area contributed by atoms with Crippen molar-refractivity contribution in [1.82, 2.24) is 15.2 Å². The van der Waals surface area contributed by atoms with E-state index < -0.39 is 0 Å². The molecule has 0 spiro atoms. The first-order chi connectivity index (χ1) is 13.0. The van der Waals surface area contributed by atoms with Gasteiger partial charge in [0.1, 0.15) is 0 Å². The fourth-order valence-electron chi connectivity index (χ4n) is 3.88. The maximum atomic E-state index is 12.8. The van der Waals surface area contributed by atoms with Crippen molar-refractivity contribution in [3.63, 3.8) is 0 Å². The van der Waals surface area contributed by atoms with Gasteiger partial charge in [0, 0.05) is 37.4 Å². The molecule has 1 aliphatic carbocycles. The lowest BCUT2D eigenvalue weighted by molar-refractivity contribution is -0.129. The maximum Gasteiger partial charge on any atom is 0.225 e. The molecule has 5 heteroatoms. The Bertz CT molecular complexity index is 846. The van der Waals surface area contributed by atoms with E-state index in [0.717, 1.165) is 24.8 Å². The molecule has 2 aliphatic rings. The standard InChI is InChI=1S/C22H25N3O2/c1-16-3-2-4-18(11-16)13-22(7-8-22)24-21(27)19-12-20(26)25(15-19)14-17-5-9-23-10-6-17/h2-6,9-11,19H,7-8,12-15H2,1H3,(H,24,27)/t19-/m0/s1. The van der Waals surface area contributed by atoms with E-state index in [1.54, 1.807) is 17.3 Å². The Morgan fingerprint density at radius 2 is 2.00 bits per heavy atom. The highest BCUT2D eigenvalue weighted by atomic mass is 16.2. The van der Waals surface area contributed by atoms with Gasteiger partial charge < -0.3 is 10.2 Å². The molecule has 140 valence electrons. The molecule has 0 radical (unpaired) electrons. The van der Waals surface area contributed by atoms with Crippen molar-refractivity contribution in [2.45, 2.75) is 44.7 Å². The van der Waals surface area contributed by atoms with E-state index in [1.165, 1.54) is 11.1 Å². The normalized spacial score (nSPS) is 20.6. The molecule has 27 heavy (non-hydrogen) atoms. The Hall–Kier alpha value is -2.69. The molecule has 1 aromatic heterocycles. The van der Waals surface area contributed by atoms with Crippen molar-refractivity contribution < 1.29 is 9.59 Å². The van der Waals surface area contributed by atoms with Crippen LogP contribution in [0.25, 0.3) is 0 Å². The summed E-state index contributed by atoms with van der Waals surface area (Å²) in [5, 5.41) is 3.25. The molecular weight excluding hydrogens is 338 g/mol. The molecule has 1 aromatic carbocycles. The highest BCUT2D eigenvalue weighted by Gasteiger charge is 2.46. The number of carbonyl (C=O) groups excluding carboxylic acids is 2. The third kappa shape index (κ3) is 4.18. The summed E-state index contributed by atoms with van der Waals surface area (Å²) in [5.41, 5.74) is 3.42. The summed E-state index contributed by atoms with van der Waals surface area (Å²) in [4.78, 5) is 30.9. The van der Waals surface area contributed by atoms with Crippen molar-refractivity contribution in [3.05, 3.63) is 65.5 Å². The van der Waals surface area contributed by atoms with Crippen LogP contribution in [-0.4, -0.2) is 33.8 Å². The summed E-state index contributed by atoms with van der Waals surface area (Å²) in [6.45, 7) is 3.12. The molecule has 5 nitrogen and oxygen atoms in total. The van der Waals surface area contributed by atoms with Gasteiger partial charge in [-0.05, 0) is 49.4 Å². The van der Waals surface area contributed by atoms with Crippen LogP contribution < -0.4 is 5.32 Å². The third-order valence-corrected chi connectivity index (χ3v) is 5.57. The number of rotatable bonds is 6. The Kier molecular flexibility index (Phi) is 4.68. The molecule has 2 amide bonds. The molecule has 2 heterocycles. The van der Waals surface area contributed by atoms with E-state index in [0.29, 0.717) is 19.5 Å². The van der Waals surface area contributed by atoms with Gasteiger partial charge in [0.15, 0.2) is 0 Å². The molecule has 1 N–H and O–H groups in total. The Labute approximate surface area is 159 Å². The molecule has 1 saturated carbocycles. The summed E-state index contributed by atoms with van der Waals surface area (Å²) in [5.74, 6) is -0.185. The summed E-state index contributed by atoms with van der Waals surface area (Å²) in [6.07, 6.45) is 6.63. The Balaban J connectivity index is 1.35. The summed E-state index contributed by atoms with van der Waals surface area (Å²) in [6, 6.07) is 12.3. The lowest BCUT2D eigenvalue weighted by Crippen LogP contribution is -2.42. The van der Waals surface area contributed by atoms with Gasteiger partial charge in [-0.25, -0.2) is 0 Å². The predicted molar refractivity (Wildman–Crippen MR) is 103 cm³/mol. The zero-order valence-electron chi connectivity index (χ0n) is 15.6. The molecule has 0 unspecified atom stereocenters. The van der Waals surface area contributed by atoms with Crippen molar-refractivity contribution >= 4 is 11.8 Å². The SMILES string of the molecule is Cc1cccc(CC2(NC(=O)[C@H]3CC(=O)N(Cc4ccncc4)C3)CC2)c1. The Morgan fingerprint density at radius 3 is 2.70 bits per heavy atom. The third-order valence-electron chi connectivity index (χ3n) is 5.57. The first-order valence-corrected chi connectivity index (χ1v) is 9.57. The summed E-state index contributed by atoms with van der Waals surface area (Å²) in [7, 11) is 0. The molecule has 2 fully saturated rings. The number of hydrogen-bond donors (Lipinski definition) is 1. The van der Waals surface area contributed by atoms with E-state index in [1.807, 2.05) is 12.1 Å². The lowest BCUT2D eigenvalue weighted by Gasteiger charge is -2.21. The number of amides is 2. The fourth-order valence-corrected chi connectivity index (χ4v) is 3.88. The first-order valence-electron chi connectivity index (χ1n) is 9.57. The highest BCUT2D eigenvalue weighted by Crippen LogP contribution is 2.39. The van der Waals surface area contributed by atoms with Gasteiger partial charge in [-0.15, -0.1) is 0 Å². The van der Waals surface area contributed by atoms with Crippen molar-refractivity contribution in [3.8, 4) is 0 Å². The second-order valence-corrected chi connectivity index (χ2v) is 7.97. The summed E-state index contributed by atoms with van der Waals surface area (Å²) >= 11 is 0. The second kappa shape index (κ2) is 7.14. The second-order valence-electron chi connectivity index (χ2n) is 7.97. The van der Waals surface area contributed by atoms with Gasteiger partial charge in [-0.3, -0.25) is 14.6 Å². The average molecular weight is 363 g/mol. The van der Waals surface area contributed by atoms with Crippen LogP contribution in [0, 0.1) is 12.8 Å². The van der Waals surface area contributed by atoms with Crippen LogP contribution in [0.15, 0.2) is 48.8 Å². The lowest BCUT2D eigenvalue weighted by atomic mass is 10.0. The van der Waals surface area contributed by atoms with Crippen molar-refractivity contribution in [2.24, 2.45) is 5.92 Å². The van der Waals surface area contributed by atoms with E-state index in [4.69, 9.17) is 0 Å². The molecule has 2 aromatic rings. The monoisotopic (exact) mass is 363 g/mol. The van der Waals surface area contributed by atoms with Crippen LogP contribution in [0.1, 0.15) is 36.0 Å². The van der Waals surface area contributed by atoms with Gasteiger partial charge in [0.25, 0.3) is 0 Å². The molecule has 4 rings (SSSR count). The molecule has 1 atom stereocenters. The van der Waals surface area contributed by atoms with E-state index >= 15 is 0 Å². The van der Waals surface area contributed by atoms with Gasteiger partial charge in [-0.1, -0.05) is 29.8 Å². The molecular formula is C22H25N3O2. The van der Waals surface area contributed by atoms with Crippen LogP contribution in [-0.2, 0) is 22.6 Å². The maximum absolute atomic E-state index is 12.8. The zero-order chi connectivity index (χ0) is 18.9. The molecule has 0 bridgehead atoms. The average Bonchev–Trinajstić information content (AvgIpc) is 3.29. The molecule has 1 aliphatic heterocycles. The number of aromatic nitrogens is 1. The van der Waals surface area contributed by atoms with E-state index in [2.05, 4.69) is 41.5 Å². The highest BCUT2D eigenvalue weighted by molar-refractivity contribution is 5.89. The molecule has 1 saturated heterocycles. The number of benzene rings is 1. The van der Waals surface area contributed by atoms with Gasteiger partial charge >= 0.3 is 0 Å². The van der Waals surface area contributed by atoms with Crippen LogP contribution >= 0.6 is 0 Å². The minimum atomic E-state index is -0.255. The van der Waals surface area contributed by atoms with Crippen molar-refractivity contribution in [1.29, 1.82) is 0 Å². The van der Waals surface area contributed by atoms with Crippen molar-refractivity contribution in [2.75, 3.05) is 6.54 Å². The number of hydrogen-bond acceptors (Lipinski definition) is 3. The fraction of sp³-hybridized carbons (Fsp3) is 0.409. The van der Waals surface area contributed by atoms with Gasteiger partial charge in [0.05, 0.1) is 5.92 Å². The number of aryl methyl sites for hydroxylation is 1. The van der Waals surface area contributed by atoms with E-state index in [-0.39, 0.29) is 23.3 Å². The largest absolute Gasteiger partial charge is 0.350 e. The number of nitrogens with zero attached hydrogens (tertiary/aromatic N) is 2. The van der Waals surface area contributed by atoms with Gasteiger partial charge in [0.2, 0.25) is 11.8 Å². The number of nitrogens with one attached hydrogen (secondary N) is 1. The predicted octanol–water partition coefficient (Wildman–Crippen LogP) is 2.63.